The van der Waals surface area contributed by atoms with Gasteiger partial charge in [-0.25, -0.2) is 14.8 Å². The van der Waals surface area contributed by atoms with Gasteiger partial charge in [0.05, 0.1) is 13.3 Å². The van der Waals surface area contributed by atoms with Crippen LogP contribution in [0.15, 0.2) is 6.20 Å². The number of carbonyl (C=O) groups is 1. The zero-order valence-electron chi connectivity index (χ0n) is 6.81. The van der Waals surface area contributed by atoms with Gasteiger partial charge in [0, 0.05) is 0 Å². The van der Waals surface area contributed by atoms with E-state index in [0.717, 1.165) is 0 Å². The van der Waals surface area contributed by atoms with Crippen LogP contribution < -0.4 is 5.73 Å². The molecule has 0 radical (unpaired) electrons. The van der Waals surface area contributed by atoms with Crippen LogP contribution in [0, 0.1) is 11.3 Å². The number of methoxy groups -OCH3 is 1. The predicted molar refractivity (Wildman–Crippen MR) is 42.5 cm³/mol. The number of aromatic nitrogens is 2. The Balaban J connectivity index is 3.25. The average Bonchev–Trinajstić information content (AvgIpc) is 2.16. The van der Waals surface area contributed by atoms with E-state index >= 15 is 0 Å². The van der Waals surface area contributed by atoms with Crippen LogP contribution in [0.4, 0.5) is 5.95 Å². The van der Waals surface area contributed by atoms with Gasteiger partial charge in [0.2, 0.25) is 5.95 Å². The maximum absolute atomic E-state index is 11.0. The standard InChI is InChI=1S/C7H6N4O2/c1-13-6(12)5-4(2-8)3-10-7(9)11-5/h3H,1H3,(H2,9,10,11). The van der Waals surface area contributed by atoms with E-state index in [0.29, 0.717) is 0 Å². The van der Waals surface area contributed by atoms with E-state index in [1.54, 1.807) is 6.07 Å². The average molecular weight is 178 g/mol. The lowest BCUT2D eigenvalue weighted by atomic mass is 10.2. The number of nitriles is 1. The lowest BCUT2D eigenvalue weighted by Crippen LogP contribution is -2.10. The number of hydrogen-bond acceptors (Lipinski definition) is 6. The third kappa shape index (κ3) is 1.70. The fourth-order valence-corrected chi connectivity index (χ4v) is 0.730. The number of ether oxygens (including phenoxy) is 1. The molecule has 1 aromatic heterocycles. The summed E-state index contributed by atoms with van der Waals surface area (Å²) in [6.45, 7) is 0. The summed E-state index contributed by atoms with van der Waals surface area (Å²) in [5.41, 5.74) is 5.16. The van der Waals surface area contributed by atoms with Crippen molar-refractivity contribution in [2.75, 3.05) is 12.8 Å². The number of nitrogens with zero attached hydrogens (tertiary/aromatic N) is 3. The van der Waals surface area contributed by atoms with Crippen LogP contribution in [0.5, 0.6) is 0 Å². The smallest absolute Gasteiger partial charge is 0.358 e. The van der Waals surface area contributed by atoms with E-state index in [1.807, 2.05) is 0 Å². The minimum Gasteiger partial charge on any atom is -0.464 e. The van der Waals surface area contributed by atoms with Crippen molar-refractivity contribution in [1.82, 2.24) is 9.97 Å². The molecular weight excluding hydrogens is 172 g/mol. The lowest BCUT2D eigenvalue weighted by molar-refractivity contribution is 0.0593. The Morgan fingerprint density at radius 1 is 1.77 bits per heavy atom. The Morgan fingerprint density at radius 2 is 2.46 bits per heavy atom. The number of anilines is 1. The van der Waals surface area contributed by atoms with Crippen molar-refractivity contribution in [2.24, 2.45) is 0 Å². The van der Waals surface area contributed by atoms with E-state index in [4.69, 9.17) is 11.0 Å². The molecule has 1 rings (SSSR count). The lowest BCUT2D eigenvalue weighted by Gasteiger charge is -2.00. The molecule has 1 aromatic rings. The predicted octanol–water partition coefficient (Wildman–Crippen LogP) is -0.283. The number of carbonyl (C=O) groups excluding carboxylic acids is 1. The van der Waals surface area contributed by atoms with Crippen molar-refractivity contribution in [1.29, 1.82) is 5.26 Å². The second-order valence-electron chi connectivity index (χ2n) is 2.09. The Morgan fingerprint density at radius 3 is 3.00 bits per heavy atom. The van der Waals surface area contributed by atoms with E-state index in [2.05, 4.69) is 14.7 Å². The number of nitrogens with two attached hydrogens (primary N) is 1. The van der Waals surface area contributed by atoms with E-state index in [1.165, 1.54) is 13.3 Å². The molecule has 0 saturated heterocycles. The highest BCUT2D eigenvalue weighted by atomic mass is 16.5. The van der Waals surface area contributed by atoms with Gasteiger partial charge in [0.15, 0.2) is 5.69 Å². The molecule has 0 bridgehead atoms. The van der Waals surface area contributed by atoms with Crippen LogP contribution in [0.2, 0.25) is 0 Å². The summed E-state index contributed by atoms with van der Waals surface area (Å²) in [5, 5.41) is 8.58. The van der Waals surface area contributed by atoms with Gasteiger partial charge in [0.1, 0.15) is 11.6 Å². The maximum atomic E-state index is 11.0. The summed E-state index contributed by atoms with van der Waals surface area (Å²) in [5.74, 6) is -0.773. The molecule has 2 N–H and O–H groups in total. The molecule has 0 aromatic carbocycles. The van der Waals surface area contributed by atoms with Crippen molar-refractivity contribution >= 4 is 11.9 Å². The van der Waals surface area contributed by atoms with Gasteiger partial charge in [-0.2, -0.15) is 5.26 Å². The highest BCUT2D eigenvalue weighted by molar-refractivity contribution is 5.90. The SMILES string of the molecule is COC(=O)c1nc(N)ncc1C#N. The Kier molecular flexibility index (Phi) is 2.40. The second kappa shape index (κ2) is 3.49. The Labute approximate surface area is 74.0 Å². The number of hydrogen-bond donors (Lipinski definition) is 1. The summed E-state index contributed by atoms with van der Waals surface area (Å²) in [4.78, 5) is 18.2. The third-order valence-corrected chi connectivity index (χ3v) is 1.31. The first-order valence-corrected chi connectivity index (χ1v) is 3.30. The first-order chi connectivity index (χ1) is 6.19. The van der Waals surface area contributed by atoms with Gasteiger partial charge in [-0.1, -0.05) is 0 Å². The molecule has 6 nitrogen and oxygen atoms in total. The summed E-state index contributed by atoms with van der Waals surface area (Å²) in [7, 11) is 1.20. The van der Waals surface area contributed by atoms with Crippen LogP contribution in [-0.2, 0) is 4.74 Å². The molecule has 0 aliphatic carbocycles. The van der Waals surface area contributed by atoms with Gasteiger partial charge < -0.3 is 10.5 Å². The Bertz CT molecular complexity index is 383. The summed E-state index contributed by atoms with van der Waals surface area (Å²) >= 11 is 0. The zero-order chi connectivity index (χ0) is 9.84. The van der Waals surface area contributed by atoms with E-state index < -0.39 is 5.97 Å². The van der Waals surface area contributed by atoms with E-state index in [-0.39, 0.29) is 17.2 Å². The summed E-state index contributed by atoms with van der Waals surface area (Å²) in [6, 6.07) is 1.76. The molecule has 0 unspecified atom stereocenters. The molecule has 66 valence electrons. The van der Waals surface area contributed by atoms with Crippen LogP contribution in [0.25, 0.3) is 0 Å². The number of rotatable bonds is 1. The molecular formula is C7H6N4O2. The zero-order valence-corrected chi connectivity index (χ0v) is 6.81. The van der Waals surface area contributed by atoms with Gasteiger partial charge >= 0.3 is 5.97 Å². The number of nitrogen functional groups attached to an aromatic ring is 1. The molecule has 0 atom stereocenters. The fraction of sp³-hybridized carbons (Fsp3) is 0.143. The second-order valence-corrected chi connectivity index (χ2v) is 2.09. The van der Waals surface area contributed by atoms with Crippen LogP contribution in [0.1, 0.15) is 16.1 Å². The monoisotopic (exact) mass is 178 g/mol. The largest absolute Gasteiger partial charge is 0.464 e. The quantitative estimate of drug-likeness (QED) is 0.593. The van der Waals surface area contributed by atoms with Crippen LogP contribution in [0.3, 0.4) is 0 Å². The number of esters is 1. The third-order valence-electron chi connectivity index (χ3n) is 1.31. The van der Waals surface area contributed by atoms with Crippen molar-refractivity contribution in [3.63, 3.8) is 0 Å². The summed E-state index contributed by atoms with van der Waals surface area (Å²) in [6.07, 6.45) is 1.18. The van der Waals surface area contributed by atoms with Gasteiger partial charge in [-0.3, -0.25) is 0 Å². The fourth-order valence-electron chi connectivity index (χ4n) is 0.730. The normalized spacial score (nSPS) is 8.92. The minimum atomic E-state index is -0.703. The molecule has 0 spiro atoms. The molecule has 0 aliphatic heterocycles. The van der Waals surface area contributed by atoms with Crippen LogP contribution in [-0.4, -0.2) is 23.0 Å². The van der Waals surface area contributed by atoms with Gasteiger partial charge in [0.25, 0.3) is 0 Å². The van der Waals surface area contributed by atoms with E-state index in [9.17, 15) is 4.79 Å². The van der Waals surface area contributed by atoms with Crippen molar-refractivity contribution < 1.29 is 9.53 Å². The topological polar surface area (TPSA) is 102 Å². The molecule has 1 heterocycles. The Hall–Kier alpha value is -2.16. The van der Waals surface area contributed by atoms with Gasteiger partial charge in [-0.15, -0.1) is 0 Å². The maximum Gasteiger partial charge on any atom is 0.358 e. The molecule has 0 amide bonds. The highest BCUT2D eigenvalue weighted by Crippen LogP contribution is 2.05. The molecule has 13 heavy (non-hydrogen) atoms. The molecule has 6 heteroatoms. The van der Waals surface area contributed by atoms with Gasteiger partial charge in [-0.05, 0) is 0 Å². The summed E-state index contributed by atoms with van der Waals surface area (Å²) < 4.78 is 4.40. The van der Waals surface area contributed by atoms with Crippen molar-refractivity contribution in [3.05, 3.63) is 17.5 Å². The molecule has 0 aliphatic rings. The minimum absolute atomic E-state index is 0.0426. The highest BCUT2D eigenvalue weighted by Gasteiger charge is 2.14. The van der Waals surface area contributed by atoms with Crippen molar-refractivity contribution in [2.45, 2.75) is 0 Å². The first-order valence-electron chi connectivity index (χ1n) is 3.30. The van der Waals surface area contributed by atoms with Crippen LogP contribution >= 0.6 is 0 Å². The molecule has 0 saturated carbocycles. The first kappa shape index (κ1) is 8.93. The van der Waals surface area contributed by atoms with Crippen molar-refractivity contribution in [3.8, 4) is 6.07 Å². The molecule has 0 fully saturated rings.